The van der Waals surface area contributed by atoms with Crippen molar-refractivity contribution in [2.24, 2.45) is 0 Å². The summed E-state index contributed by atoms with van der Waals surface area (Å²) in [6, 6.07) is 10.7. The van der Waals surface area contributed by atoms with Crippen molar-refractivity contribution in [3.05, 3.63) is 71.3 Å². The van der Waals surface area contributed by atoms with E-state index in [0.717, 1.165) is 22.6 Å². The molecule has 168 valence electrons. The van der Waals surface area contributed by atoms with Gasteiger partial charge in [-0.25, -0.2) is 4.90 Å². The lowest BCUT2D eigenvalue weighted by atomic mass is 10.1. The van der Waals surface area contributed by atoms with Gasteiger partial charge in [-0.15, -0.1) is 0 Å². The highest BCUT2D eigenvalue weighted by molar-refractivity contribution is 7.80. The largest absolute Gasteiger partial charge is 0.497 e. The number of carbonyl (C=O) groups is 2. The Morgan fingerprint density at radius 1 is 1.09 bits per heavy atom. The predicted molar refractivity (Wildman–Crippen MR) is 129 cm³/mol. The number of hydrogen-bond acceptors (Lipinski definition) is 6. The third kappa shape index (κ3) is 3.98. The Kier molecular flexibility index (Phi) is 5.97. The summed E-state index contributed by atoms with van der Waals surface area (Å²) in [5.41, 5.74) is 3.81. The van der Waals surface area contributed by atoms with Gasteiger partial charge in [0.25, 0.3) is 11.8 Å². The van der Waals surface area contributed by atoms with E-state index >= 15 is 0 Å². The highest BCUT2D eigenvalue weighted by Gasteiger charge is 2.36. The molecular formula is C24H22N4O4S. The maximum absolute atomic E-state index is 13.5. The number of rotatable bonds is 5. The van der Waals surface area contributed by atoms with Crippen LogP contribution in [-0.2, 0) is 9.59 Å². The number of ether oxygens (including phenoxy) is 2. The Morgan fingerprint density at radius 3 is 2.55 bits per heavy atom. The molecule has 0 radical (unpaired) electrons. The van der Waals surface area contributed by atoms with Gasteiger partial charge in [-0.1, -0.05) is 0 Å². The molecule has 3 aromatic rings. The smallest absolute Gasteiger partial charge is 0.270 e. The third-order valence-electron chi connectivity index (χ3n) is 5.40. The minimum absolute atomic E-state index is 0.0218. The zero-order valence-electron chi connectivity index (χ0n) is 18.6. The van der Waals surface area contributed by atoms with E-state index in [0.29, 0.717) is 17.2 Å². The number of amides is 2. The molecule has 0 saturated carbocycles. The van der Waals surface area contributed by atoms with Crippen LogP contribution in [-0.4, -0.2) is 40.7 Å². The molecule has 9 heteroatoms. The summed E-state index contributed by atoms with van der Waals surface area (Å²) in [6.45, 7) is 3.88. The van der Waals surface area contributed by atoms with E-state index in [-0.39, 0.29) is 10.7 Å². The molecule has 3 heterocycles. The second-order valence-corrected chi connectivity index (χ2v) is 7.76. The lowest BCUT2D eigenvalue weighted by Crippen LogP contribution is -2.54. The zero-order chi connectivity index (χ0) is 23.7. The van der Waals surface area contributed by atoms with E-state index in [1.54, 1.807) is 36.7 Å². The van der Waals surface area contributed by atoms with Crippen molar-refractivity contribution in [1.29, 1.82) is 0 Å². The van der Waals surface area contributed by atoms with Crippen LogP contribution in [0.25, 0.3) is 11.8 Å². The van der Waals surface area contributed by atoms with Crippen molar-refractivity contribution in [2.75, 3.05) is 19.1 Å². The molecule has 1 saturated heterocycles. The Labute approximate surface area is 196 Å². The second kappa shape index (κ2) is 8.87. The maximum atomic E-state index is 13.5. The van der Waals surface area contributed by atoms with Crippen LogP contribution >= 0.6 is 12.2 Å². The normalized spacial score (nSPS) is 15.1. The number of benzene rings is 1. The number of pyridine rings is 1. The minimum Gasteiger partial charge on any atom is -0.497 e. The van der Waals surface area contributed by atoms with Crippen molar-refractivity contribution in [3.8, 4) is 17.2 Å². The number of aromatic nitrogens is 2. The Morgan fingerprint density at radius 2 is 1.88 bits per heavy atom. The van der Waals surface area contributed by atoms with Gasteiger partial charge in [-0.3, -0.25) is 19.9 Å². The SMILES string of the molecule is COc1ccc(N2C(=O)/C(=C\c3cc(C)n(-c4cccnc4)c3C)C(=O)NC2=S)c(OC)c1. The molecule has 0 aliphatic carbocycles. The van der Waals surface area contributed by atoms with E-state index < -0.39 is 11.8 Å². The van der Waals surface area contributed by atoms with Crippen molar-refractivity contribution < 1.29 is 19.1 Å². The van der Waals surface area contributed by atoms with Gasteiger partial charge in [-0.05, 0) is 68.0 Å². The van der Waals surface area contributed by atoms with Crippen molar-refractivity contribution in [2.45, 2.75) is 13.8 Å². The van der Waals surface area contributed by atoms with Crippen LogP contribution in [0.1, 0.15) is 17.0 Å². The molecule has 1 aromatic carbocycles. The predicted octanol–water partition coefficient (Wildman–Crippen LogP) is 3.34. The van der Waals surface area contributed by atoms with Crippen LogP contribution < -0.4 is 19.7 Å². The quantitative estimate of drug-likeness (QED) is 0.356. The van der Waals surface area contributed by atoms with E-state index in [4.69, 9.17) is 21.7 Å². The number of nitrogens with zero attached hydrogens (tertiary/aromatic N) is 3. The monoisotopic (exact) mass is 462 g/mol. The van der Waals surface area contributed by atoms with Gasteiger partial charge < -0.3 is 14.0 Å². The molecule has 1 fully saturated rings. The maximum Gasteiger partial charge on any atom is 0.270 e. The topological polar surface area (TPSA) is 85.7 Å². The average molecular weight is 463 g/mol. The first-order valence-corrected chi connectivity index (χ1v) is 10.5. The second-order valence-electron chi connectivity index (χ2n) is 7.37. The molecule has 0 atom stereocenters. The standard InChI is InChI=1S/C24H22N4O4S/c1-14-10-16(15(2)27(14)17-6-5-9-25-13-17)11-19-22(29)26-24(33)28(23(19)30)20-8-7-18(31-3)12-21(20)32-4/h5-13H,1-4H3,(H,26,29,33)/b19-11-. The van der Waals surface area contributed by atoms with Crippen molar-refractivity contribution >= 4 is 40.9 Å². The fourth-order valence-corrected chi connectivity index (χ4v) is 4.09. The number of hydrogen-bond donors (Lipinski definition) is 1. The van der Waals surface area contributed by atoms with Crippen LogP contribution in [0.15, 0.2) is 54.4 Å². The van der Waals surface area contributed by atoms with Crippen molar-refractivity contribution in [3.63, 3.8) is 0 Å². The molecular weight excluding hydrogens is 440 g/mol. The summed E-state index contributed by atoms with van der Waals surface area (Å²) < 4.78 is 12.7. The van der Waals surface area contributed by atoms with Gasteiger partial charge >= 0.3 is 0 Å². The fourth-order valence-electron chi connectivity index (χ4n) is 3.82. The van der Waals surface area contributed by atoms with Crippen LogP contribution in [0, 0.1) is 13.8 Å². The molecule has 1 N–H and O–H groups in total. The summed E-state index contributed by atoms with van der Waals surface area (Å²) in [4.78, 5) is 31.6. The molecule has 4 rings (SSSR count). The van der Waals surface area contributed by atoms with Crippen LogP contribution in [0.4, 0.5) is 5.69 Å². The number of anilines is 1. The molecule has 0 bridgehead atoms. The molecule has 0 unspecified atom stereocenters. The number of aryl methyl sites for hydroxylation is 1. The minimum atomic E-state index is -0.556. The summed E-state index contributed by atoms with van der Waals surface area (Å²) in [7, 11) is 3.02. The Hall–Kier alpha value is -3.98. The van der Waals surface area contributed by atoms with Crippen LogP contribution in [0.5, 0.6) is 11.5 Å². The molecule has 1 aliphatic rings. The highest BCUT2D eigenvalue weighted by atomic mass is 32.1. The summed E-state index contributed by atoms with van der Waals surface area (Å²) >= 11 is 5.31. The van der Waals surface area contributed by atoms with Crippen LogP contribution in [0.2, 0.25) is 0 Å². The lowest BCUT2D eigenvalue weighted by molar-refractivity contribution is -0.122. The van der Waals surface area contributed by atoms with Crippen LogP contribution in [0.3, 0.4) is 0 Å². The van der Waals surface area contributed by atoms with Gasteiger partial charge in [0.2, 0.25) is 0 Å². The third-order valence-corrected chi connectivity index (χ3v) is 5.69. The molecule has 33 heavy (non-hydrogen) atoms. The molecule has 2 amide bonds. The molecule has 2 aromatic heterocycles. The Balaban J connectivity index is 1.77. The summed E-state index contributed by atoms with van der Waals surface area (Å²) in [6.07, 6.45) is 5.04. The van der Waals surface area contributed by atoms with Gasteiger partial charge in [0.15, 0.2) is 5.11 Å². The number of methoxy groups -OCH3 is 2. The first-order valence-electron chi connectivity index (χ1n) is 10.1. The summed E-state index contributed by atoms with van der Waals surface area (Å²) in [5, 5.41) is 2.58. The highest BCUT2D eigenvalue weighted by Crippen LogP contribution is 2.34. The first kappa shape index (κ1) is 22.2. The fraction of sp³-hybridized carbons (Fsp3) is 0.167. The van der Waals surface area contributed by atoms with E-state index in [1.165, 1.54) is 19.1 Å². The summed E-state index contributed by atoms with van der Waals surface area (Å²) in [5.74, 6) is -0.151. The van der Waals surface area contributed by atoms with E-state index in [2.05, 4.69) is 10.3 Å². The van der Waals surface area contributed by atoms with E-state index in [9.17, 15) is 9.59 Å². The number of thiocarbonyl (C=S) groups is 1. The zero-order valence-corrected chi connectivity index (χ0v) is 19.4. The van der Waals surface area contributed by atoms with Gasteiger partial charge in [0.05, 0.1) is 31.8 Å². The Bertz CT molecular complexity index is 1300. The first-order chi connectivity index (χ1) is 15.8. The average Bonchev–Trinajstić information content (AvgIpc) is 3.09. The van der Waals surface area contributed by atoms with Crippen molar-refractivity contribution in [1.82, 2.24) is 14.9 Å². The molecule has 0 spiro atoms. The lowest BCUT2D eigenvalue weighted by Gasteiger charge is -2.30. The van der Waals surface area contributed by atoms with E-state index in [1.807, 2.05) is 36.6 Å². The number of carbonyl (C=O) groups excluding carboxylic acids is 2. The molecule has 8 nitrogen and oxygen atoms in total. The molecule has 1 aliphatic heterocycles. The number of nitrogens with one attached hydrogen (secondary N) is 1. The van der Waals surface area contributed by atoms with Gasteiger partial charge in [0.1, 0.15) is 17.1 Å². The van der Waals surface area contributed by atoms with Gasteiger partial charge in [0, 0.05) is 23.7 Å². The van der Waals surface area contributed by atoms with Gasteiger partial charge in [-0.2, -0.15) is 0 Å².